The van der Waals surface area contributed by atoms with Crippen LogP contribution in [0.25, 0.3) is 0 Å². The maximum absolute atomic E-state index is 10.7. The van der Waals surface area contributed by atoms with Crippen molar-refractivity contribution in [1.29, 1.82) is 0 Å². The third-order valence-corrected chi connectivity index (χ3v) is 4.26. The number of hydrogen-bond acceptors (Lipinski definition) is 9. The minimum absolute atomic E-state index is 0.103. The summed E-state index contributed by atoms with van der Waals surface area (Å²) in [6.45, 7) is 1.95. The fraction of sp³-hybridized carbons (Fsp3) is 0.727. The zero-order valence-corrected chi connectivity index (χ0v) is 12.8. The van der Waals surface area contributed by atoms with E-state index in [2.05, 4.69) is 20.9 Å². The van der Waals surface area contributed by atoms with Crippen LogP contribution in [0.15, 0.2) is 16.5 Å². The lowest BCUT2D eigenvalue weighted by molar-refractivity contribution is 0.336. The van der Waals surface area contributed by atoms with Gasteiger partial charge in [0.1, 0.15) is 18.1 Å². The van der Waals surface area contributed by atoms with Gasteiger partial charge in [0, 0.05) is 0 Å². The van der Waals surface area contributed by atoms with Crippen LogP contribution in [0.5, 0.6) is 0 Å². The molecule has 0 spiro atoms. The predicted octanol–water partition coefficient (Wildman–Crippen LogP) is -1.06. The number of nitrogens with zero attached hydrogens (tertiary/aromatic N) is 1. The number of aliphatic imine (C=N–C) groups is 1. The van der Waals surface area contributed by atoms with E-state index in [1.54, 1.807) is 0 Å². The number of rotatable bonds is 5. The van der Waals surface area contributed by atoms with E-state index in [0.29, 0.717) is 30.8 Å². The maximum atomic E-state index is 10.7. The van der Waals surface area contributed by atoms with Crippen molar-refractivity contribution < 1.29 is 9.13 Å². The quantitative estimate of drug-likeness (QED) is 0.350. The van der Waals surface area contributed by atoms with Crippen LogP contribution in [0.2, 0.25) is 0 Å². The Balaban J connectivity index is 2.21. The molecule has 2 rings (SSSR count). The monoisotopic (exact) mass is 315 g/mol. The second-order valence-electron chi connectivity index (χ2n) is 5.20. The van der Waals surface area contributed by atoms with Crippen LogP contribution in [-0.2, 0) is 9.13 Å². The molecule has 21 heavy (non-hydrogen) atoms. The molecule has 3 atom stereocenters. The normalized spacial score (nSPS) is 31.9. The van der Waals surface area contributed by atoms with Gasteiger partial charge in [0.25, 0.3) is 0 Å². The first-order chi connectivity index (χ1) is 9.85. The van der Waals surface area contributed by atoms with E-state index in [9.17, 15) is 9.13 Å². The smallest absolute Gasteiger partial charge is 0.315 e. The van der Waals surface area contributed by atoms with E-state index >= 15 is 0 Å². The van der Waals surface area contributed by atoms with E-state index in [1.165, 1.54) is 0 Å². The molecule has 2 aliphatic rings. The molecule has 0 fully saturated rings. The molecule has 0 bridgehead atoms. The fourth-order valence-corrected chi connectivity index (χ4v) is 2.97. The Morgan fingerprint density at radius 2 is 2.10 bits per heavy atom. The lowest BCUT2D eigenvalue weighted by Gasteiger charge is -2.42. The number of hydrogen-bond donors (Lipinski definition) is 6. The SMILES string of the molecule is CCC1=NC2=C(NC1(N)CCCP(=O)=O)C(N)NC(N)N2. The molecule has 0 radical (unpaired) electrons. The van der Waals surface area contributed by atoms with Crippen molar-refractivity contribution in [3.8, 4) is 0 Å². The van der Waals surface area contributed by atoms with Crippen molar-refractivity contribution in [2.75, 3.05) is 6.16 Å². The highest BCUT2D eigenvalue weighted by Crippen LogP contribution is 2.24. The van der Waals surface area contributed by atoms with Crippen LogP contribution in [0.4, 0.5) is 0 Å². The molecule has 0 aliphatic carbocycles. The van der Waals surface area contributed by atoms with Crippen molar-refractivity contribution in [1.82, 2.24) is 16.0 Å². The summed E-state index contributed by atoms with van der Waals surface area (Å²) in [5, 5.41) is 9.12. The molecule has 2 heterocycles. The predicted molar refractivity (Wildman–Crippen MR) is 79.4 cm³/mol. The first kappa shape index (κ1) is 16.1. The standard InChI is InChI=1S/C11H22N7O2P/c1-2-6-11(14,4-3-5-21(19)20)18-7-8(12)16-10(13)17-9(7)15-6/h8,10,16-18H,2-5,12-14H2,1H3. The van der Waals surface area contributed by atoms with E-state index in [-0.39, 0.29) is 6.16 Å². The van der Waals surface area contributed by atoms with Crippen LogP contribution in [-0.4, -0.2) is 30.0 Å². The van der Waals surface area contributed by atoms with Gasteiger partial charge in [0.05, 0.1) is 17.6 Å². The van der Waals surface area contributed by atoms with E-state index in [1.807, 2.05) is 6.92 Å². The van der Waals surface area contributed by atoms with Gasteiger partial charge >= 0.3 is 7.68 Å². The Morgan fingerprint density at radius 3 is 2.71 bits per heavy atom. The van der Waals surface area contributed by atoms with Gasteiger partial charge in [-0.1, -0.05) is 6.92 Å². The summed E-state index contributed by atoms with van der Waals surface area (Å²) in [4.78, 5) is 4.52. The molecule has 0 aromatic rings. The molecule has 0 aromatic carbocycles. The zero-order valence-electron chi connectivity index (χ0n) is 11.9. The Kier molecular flexibility index (Phi) is 4.80. The molecule has 0 saturated carbocycles. The molecule has 9 nitrogen and oxygen atoms in total. The summed E-state index contributed by atoms with van der Waals surface area (Å²) in [6, 6.07) is 0. The highest BCUT2D eigenvalue weighted by molar-refractivity contribution is 7.30. The van der Waals surface area contributed by atoms with Gasteiger partial charge in [-0.25, -0.2) is 14.1 Å². The van der Waals surface area contributed by atoms with Gasteiger partial charge < -0.3 is 22.1 Å². The third-order valence-electron chi connectivity index (χ3n) is 3.58. The summed E-state index contributed by atoms with van der Waals surface area (Å²) in [5.74, 6) is 0.585. The molecule has 118 valence electrons. The van der Waals surface area contributed by atoms with Crippen LogP contribution >= 0.6 is 7.68 Å². The topological polar surface area (TPSA) is 161 Å². The zero-order chi connectivity index (χ0) is 15.6. The molecule has 2 aliphatic heterocycles. The number of nitrogens with two attached hydrogens (primary N) is 3. The van der Waals surface area contributed by atoms with E-state index in [4.69, 9.17) is 17.2 Å². The fourth-order valence-electron chi connectivity index (χ4n) is 2.56. The minimum Gasteiger partial charge on any atom is -0.361 e. The van der Waals surface area contributed by atoms with Gasteiger partial charge in [0.2, 0.25) is 0 Å². The average molecular weight is 315 g/mol. The van der Waals surface area contributed by atoms with Crippen LogP contribution in [0, 0.1) is 0 Å². The summed E-state index contributed by atoms with van der Waals surface area (Å²) < 4.78 is 21.4. The van der Waals surface area contributed by atoms with Crippen LogP contribution < -0.4 is 33.2 Å². The van der Waals surface area contributed by atoms with Gasteiger partial charge in [-0.05, 0) is 19.3 Å². The second kappa shape index (κ2) is 6.25. The second-order valence-corrected chi connectivity index (χ2v) is 6.31. The molecular formula is C11H22N7O2P. The summed E-state index contributed by atoms with van der Waals surface area (Å²) in [7, 11) is -2.40. The lowest BCUT2D eigenvalue weighted by Crippen LogP contribution is -2.69. The van der Waals surface area contributed by atoms with Gasteiger partial charge in [0.15, 0.2) is 5.82 Å². The summed E-state index contributed by atoms with van der Waals surface area (Å²) in [6.07, 6.45) is 0.683. The summed E-state index contributed by atoms with van der Waals surface area (Å²) in [5.41, 5.74) is 18.6. The Hall–Kier alpha value is -1.25. The van der Waals surface area contributed by atoms with Crippen molar-refractivity contribution in [2.24, 2.45) is 22.2 Å². The van der Waals surface area contributed by atoms with Crippen molar-refractivity contribution in [3.05, 3.63) is 11.5 Å². The molecule has 10 heteroatoms. The van der Waals surface area contributed by atoms with Crippen molar-refractivity contribution >= 4 is 13.4 Å². The Morgan fingerprint density at radius 1 is 1.38 bits per heavy atom. The van der Waals surface area contributed by atoms with Crippen LogP contribution in [0.3, 0.4) is 0 Å². The third kappa shape index (κ3) is 3.50. The van der Waals surface area contributed by atoms with Gasteiger partial charge in [-0.2, -0.15) is 0 Å². The highest BCUT2D eigenvalue weighted by atomic mass is 31.1. The van der Waals surface area contributed by atoms with Crippen molar-refractivity contribution in [3.63, 3.8) is 0 Å². The minimum atomic E-state index is -2.40. The average Bonchev–Trinajstić information content (AvgIpc) is 2.38. The van der Waals surface area contributed by atoms with Gasteiger partial charge in [-0.15, -0.1) is 0 Å². The molecule has 3 unspecified atom stereocenters. The number of nitrogens with one attached hydrogen (secondary N) is 3. The van der Waals surface area contributed by atoms with E-state index < -0.39 is 25.8 Å². The molecule has 0 aromatic heterocycles. The van der Waals surface area contributed by atoms with Crippen LogP contribution in [0.1, 0.15) is 26.2 Å². The van der Waals surface area contributed by atoms with Gasteiger partial charge in [-0.3, -0.25) is 11.1 Å². The summed E-state index contributed by atoms with van der Waals surface area (Å²) >= 11 is 0. The first-order valence-corrected chi connectivity index (χ1v) is 8.27. The molecule has 0 amide bonds. The van der Waals surface area contributed by atoms with E-state index in [0.717, 1.165) is 5.71 Å². The highest BCUT2D eigenvalue weighted by Gasteiger charge is 2.38. The Labute approximate surface area is 123 Å². The lowest BCUT2D eigenvalue weighted by atomic mass is 9.94. The maximum Gasteiger partial charge on any atom is 0.315 e. The van der Waals surface area contributed by atoms with Crippen molar-refractivity contribution in [2.45, 2.75) is 44.3 Å². The molecule has 9 N–H and O–H groups in total. The molecule has 0 saturated heterocycles. The largest absolute Gasteiger partial charge is 0.361 e. The Bertz CT molecular complexity index is 537. The molecular weight excluding hydrogens is 293 g/mol. The first-order valence-electron chi connectivity index (χ1n) is 6.90.